The summed E-state index contributed by atoms with van der Waals surface area (Å²) in [6.07, 6.45) is 3.34. The van der Waals surface area contributed by atoms with E-state index in [1.165, 1.54) is 0 Å². The molecule has 46 valence electrons. The molecule has 8 heavy (non-hydrogen) atoms. The molecule has 0 saturated carbocycles. The second-order valence-corrected chi connectivity index (χ2v) is 1.79. The van der Waals surface area contributed by atoms with Gasteiger partial charge in [0, 0.05) is 0 Å². The van der Waals surface area contributed by atoms with Crippen molar-refractivity contribution >= 4 is 8.25 Å². The molecule has 0 fully saturated rings. The van der Waals surface area contributed by atoms with Crippen molar-refractivity contribution in [1.82, 2.24) is 0 Å². The van der Waals surface area contributed by atoms with Gasteiger partial charge in [0.15, 0.2) is 0 Å². The Balaban J connectivity index is 3.05. The molecule has 0 amide bonds. The molecular formula is C4H7O3P. The highest BCUT2D eigenvalue weighted by molar-refractivity contribution is 7.30. The third-order valence-corrected chi connectivity index (χ3v) is 0.872. The monoisotopic (exact) mass is 134 g/mol. The van der Waals surface area contributed by atoms with E-state index in [4.69, 9.17) is 0 Å². The van der Waals surface area contributed by atoms with Crippen LogP contribution in [0.2, 0.25) is 0 Å². The molecule has 0 heterocycles. The Bertz CT molecular complexity index is 99.5. The zero-order valence-corrected chi connectivity index (χ0v) is 5.43. The van der Waals surface area contributed by atoms with Crippen molar-refractivity contribution in [2.75, 3.05) is 6.61 Å². The van der Waals surface area contributed by atoms with E-state index in [2.05, 4.69) is 4.52 Å². The van der Waals surface area contributed by atoms with Crippen molar-refractivity contribution in [3.05, 3.63) is 12.2 Å². The van der Waals surface area contributed by atoms with Crippen LogP contribution in [0.1, 0.15) is 6.92 Å². The van der Waals surface area contributed by atoms with Crippen LogP contribution in [-0.2, 0) is 9.09 Å². The molecule has 0 spiro atoms. The molecule has 3 nitrogen and oxygen atoms in total. The minimum atomic E-state index is -2.66. The largest absolute Gasteiger partial charge is 0.566 e. The van der Waals surface area contributed by atoms with Crippen LogP contribution in [0, 0.1) is 0 Å². The number of hydrogen-bond donors (Lipinski definition) is 0. The first-order chi connectivity index (χ1) is 3.77. The van der Waals surface area contributed by atoms with Crippen LogP contribution >= 0.6 is 8.25 Å². The maximum Gasteiger partial charge on any atom is 0.488 e. The maximum atomic E-state index is 9.66. The number of rotatable bonds is 3. The van der Waals surface area contributed by atoms with Crippen molar-refractivity contribution < 1.29 is 14.0 Å². The van der Waals surface area contributed by atoms with Gasteiger partial charge in [-0.15, -0.1) is 4.52 Å². The van der Waals surface area contributed by atoms with Gasteiger partial charge >= 0.3 is 8.25 Å². The fourth-order valence-corrected chi connectivity index (χ4v) is 0.408. The van der Waals surface area contributed by atoms with Gasteiger partial charge in [-0.1, -0.05) is 12.2 Å². The minimum absolute atomic E-state index is 0.148. The van der Waals surface area contributed by atoms with Crippen molar-refractivity contribution in [2.45, 2.75) is 6.92 Å². The first-order valence-electron chi connectivity index (χ1n) is 2.16. The van der Waals surface area contributed by atoms with Gasteiger partial charge in [-0.25, -0.2) is 0 Å². The normalized spacial score (nSPS) is 12.5. The molecule has 0 aliphatic heterocycles. The quantitative estimate of drug-likeness (QED) is 0.419. The summed E-state index contributed by atoms with van der Waals surface area (Å²) in [4.78, 5) is 9.66. The van der Waals surface area contributed by atoms with E-state index in [1.54, 1.807) is 19.1 Å². The molecule has 0 radical (unpaired) electrons. The predicted octanol–water partition coefficient (Wildman–Crippen LogP) is 0.597. The Kier molecular flexibility index (Phi) is 4.76. The van der Waals surface area contributed by atoms with Crippen molar-refractivity contribution in [2.24, 2.45) is 0 Å². The van der Waals surface area contributed by atoms with Crippen LogP contribution < -0.4 is 4.89 Å². The second kappa shape index (κ2) is 4.91. The van der Waals surface area contributed by atoms with Crippen LogP contribution in [0.5, 0.6) is 0 Å². The van der Waals surface area contributed by atoms with Crippen LogP contribution in [0.4, 0.5) is 0 Å². The Morgan fingerprint density at radius 1 is 1.88 bits per heavy atom. The highest BCUT2D eigenvalue weighted by atomic mass is 31.1. The SMILES string of the molecule is CC=CCO[P+](=O)[O-]. The summed E-state index contributed by atoms with van der Waals surface area (Å²) in [5.74, 6) is 0. The summed E-state index contributed by atoms with van der Waals surface area (Å²) in [7, 11) is -2.66. The topological polar surface area (TPSA) is 49.4 Å². The first kappa shape index (κ1) is 7.76. The van der Waals surface area contributed by atoms with Crippen LogP contribution in [0.15, 0.2) is 12.2 Å². The van der Waals surface area contributed by atoms with E-state index in [1.807, 2.05) is 0 Å². The summed E-state index contributed by atoms with van der Waals surface area (Å²) >= 11 is 0. The minimum Gasteiger partial charge on any atom is -0.566 e. The van der Waals surface area contributed by atoms with Gasteiger partial charge in [0.2, 0.25) is 0 Å². The zero-order chi connectivity index (χ0) is 6.41. The standard InChI is InChI=1S/C4H7O3P/c1-2-3-4-7-8(5)6/h2-3H,4H2,1H3. The third-order valence-electron chi connectivity index (χ3n) is 0.512. The average Bonchev–Trinajstić information content (AvgIpc) is 1.66. The lowest BCUT2D eigenvalue weighted by molar-refractivity contribution is -0.184. The highest BCUT2D eigenvalue weighted by Gasteiger charge is 1.94. The number of hydrogen-bond acceptors (Lipinski definition) is 3. The van der Waals surface area contributed by atoms with Crippen LogP contribution in [0.3, 0.4) is 0 Å². The zero-order valence-electron chi connectivity index (χ0n) is 4.53. The molecule has 0 aromatic carbocycles. The van der Waals surface area contributed by atoms with Crippen molar-refractivity contribution in [1.29, 1.82) is 0 Å². The second-order valence-electron chi connectivity index (χ2n) is 1.09. The molecule has 0 bridgehead atoms. The van der Waals surface area contributed by atoms with E-state index in [9.17, 15) is 9.46 Å². The van der Waals surface area contributed by atoms with Crippen molar-refractivity contribution in [3.8, 4) is 0 Å². The van der Waals surface area contributed by atoms with Crippen LogP contribution in [-0.4, -0.2) is 6.61 Å². The van der Waals surface area contributed by atoms with Gasteiger partial charge in [-0.2, -0.15) is 0 Å². The van der Waals surface area contributed by atoms with E-state index in [-0.39, 0.29) is 6.61 Å². The summed E-state index contributed by atoms with van der Waals surface area (Å²) in [5.41, 5.74) is 0. The third kappa shape index (κ3) is 5.76. The Morgan fingerprint density at radius 2 is 2.50 bits per heavy atom. The van der Waals surface area contributed by atoms with Gasteiger partial charge < -0.3 is 4.89 Å². The lowest BCUT2D eigenvalue weighted by Crippen LogP contribution is -1.90. The Morgan fingerprint density at radius 3 is 2.88 bits per heavy atom. The fraction of sp³-hybridized carbons (Fsp3) is 0.500. The number of allylic oxidation sites excluding steroid dienone is 1. The summed E-state index contributed by atoms with van der Waals surface area (Å²) in [6, 6.07) is 0. The summed E-state index contributed by atoms with van der Waals surface area (Å²) in [5, 5.41) is 0. The molecule has 0 aliphatic carbocycles. The molecule has 0 aromatic rings. The molecule has 0 aliphatic rings. The molecular weight excluding hydrogens is 127 g/mol. The van der Waals surface area contributed by atoms with E-state index in [0.29, 0.717) is 0 Å². The molecule has 0 rings (SSSR count). The average molecular weight is 134 g/mol. The Labute approximate surface area is 48.9 Å². The van der Waals surface area contributed by atoms with E-state index in [0.717, 1.165) is 0 Å². The van der Waals surface area contributed by atoms with E-state index < -0.39 is 8.25 Å². The van der Waals surface area contributed by atoms with Gasteiger partial charge in [0.1, 0.15) is 6.61 Å². The molecule has 0 saturated heterocycles. The maximum absolute atomic E-state index is 9.66. The Hall–Kier alpha value is -0.240. The van der Waals surface area contributed by atoms with Crippen molar-refractivity contribution in [3.63, 3.8) is 0 Å². The van der Waals surface area contributed by atoms with Gasteiger partial charge in [-0.05, 0) is 11.5 Å². The first-order valence-corrected chi connectivity index (χ1v) is 3.25. The lowest BCUT2D eigenvalue weighted by Gasteiger charge is -1.81. The molecule has 0 N–H and O–H groups in total. The van der Waals surface area contributed by atoms with Gasteiger partial charge in [-0.3, -0.25) is 0 Å². The highest BCUT2D eigenvalue weighted by Crippen LogP contribution is 2.06. The lowest BCUT2D eigenvalue weighted by atomic mass is 10.6. The molecule has 4 heteroatoms. The van der Waals surface area contributed by atoms with Gasteiger partial charge in [0.25, 0.3) is 0 Å². The summed E-state index contributed by atoms with van der Waals surface area (Å²) in [6.45, 7) is 1.94. The summed E-state index contributed by atoms with van der Waals surface area (Å²) < 4.78 is 13.8. The van der Waals surface area contributed by atoms with Gasteiger partial charge in [0.05, 0.1) is 0 Å². The van der Waals surface area contributed by atoms with E-state index >= 15 is 0 Å². The smallest absolute Gasteiger partial charge is 0.488 e. The molecule has 1 atom stereocenters. The fourth-order valence-electron chi connectivity index (χ4n) is 0.200. The molecule has 1 unspecified atom stereocenters. The van der Waals surface area contributed by atoms with Crippen LogP contribution in [0.25, 0.3) is 0 Å². The predicted molar refractivity (Wildman–Crippen MR) is 28.4 cm³/mol. The molecule has 0 aromatic heterocycles.